The number of carbonyl (C=O) groups excluding carboxylic acids is 1. The van der Waals surface area contributed by atoms with Gasteiger partial charge >= 0.3 is 0 Å². The van der Waals surface area contributed by atoms with E-state index in [2.05, 4.69) is 79.9 Å². The van der Waals surface area contributed by atoms with Crippen molar-refractivity contribution >= 4 is 5.91 Å². The Balaban J connectivity index is 2.20. The van der Waals surface area contributed by atoms with E-state index in [1.807, 2.05) is 6.08 Å². The van der Waals surface area contributed by atoms with E-state index in [4.69, 9.17) is 9.47 Å². The summed E-state index contributed by atoms with van der Waals surface area (Å²) in [6.45, 7) is 3.64. The minimum atomic E-state index is -1.58. The summed E-state index contributed by atoms with van der Waals surface area (Å²) in [5.74, 6) is -0.233. The Morgan fingerprint density at radius 1 is 0.493 bits per heavy atom. The van der Waals surface area contributed by atoms with Crippen molar-refractivity contribution in [1.29, 1.82) is 0 Å². The SMILES string of the molecule is CC/C=C\C/C=C\C/C=C\C/C=C\C/C=C\CCCC(=O)NC(COC1OC(CO)C(O)C(O)C1O)C(O)/C=C/CCCCCCCCCCCCCCCCCCCCCCCCCCCCCCC. The monoisotopic (exact) mass is 998 g/mol. The molecule has 1 rings (SSSR count). The fourth-order valence-electron chi connectivity index (χ4n) is 9.14. The van der Waals surface area contributed by atoms with Crippen LogP contribution in [-0.4, -0.2) is 87.5 Å². The third-order valence-corrected chi connectivity index (χ3v) is 13.8. The Bertz CT molecular complexity index is 1340. The molecule has 1 amide bonds. The van der Waals surface area contributed by atoms with Crippen LogP contribution < -0.4 is 5.32 Å². The summed E-state index contributed by atoms with van der Waals surface area (Å²) in [5, 5.41) is 54.4. The van der Waals surface area contributed by atoms with E-state index in [-0.39, 0.29) is 18.9 Å². The van der Waals surface area contributed by atoms with Gasteiger partial charge in [0, 0.05) is 6.42 Å². The molecule has 1 fully saturated rings. The summed E-state index contributed by atoms with van der Waals surface area (Å²) in [6.07, 6.45) is 64.2. The van der Waals surface area contributed by atoms with Gasteiger partial charge in [0.15, 0.2) is 6.29 Å². The Labute approximate surface area is 436 Å². The molecule has 9 heteroatoms. The lowest BCUT2D eigenvalue weighted by Gasteiger charge is -2.40. The lowest BCUT2D eigenvalue weighted by molar-refractivity contribution is -0.302. The third kappa shape index (κ3) is 40.7. The summed E-state index contributed by atoms with van der Waals surface area (Å²) in [7, 11) is 0. The fraction of sp³-hybridized carbons (Fsp3) is 0.790. The van der Waals surface area contributed by atoms with Crippen LogP contribution in [0.3, 0.4) is 0 Å². The first-order valence-corrected chi connectivity index (χ1v) is 29.7. The molecule has 7 atom stereocenters. The first kappa shape index (κ1) is 66.6. The molecule has 0 bridgehead atoms. The molecule has 1 aliphatic rings. The zero-order valence-corrected chi connectivity index (χ0v) is 45.7. The van der Waals surface area contributed by atoms with Crippen LogP contribution >= 0.6 is 0 Å². The molecular weight excluding hydrogens is 887 g/mol. The van der Waals surface area contributed by atoms with E-state index in [0.717, 1.165) is 57.8 Å². The van der Waals surface area contributed by atoms with Gasteiger partial charge < -0.3 is 40.3 Å². The molecule has 412 valence electrons. The maximum Gasteiger partial charge on any atom is 0.220 e. The normalized spacial score (nSPS) is 19.8. The smallest absolute Gasteiger partial charge is 0.220 e. The molecule has 9 nitrogen and oxygen atoms in total. The second-order valence-corrected chi connectivity index (χ2v) is 20.4. The van der Waals surface area contributed by atoms with Gasteiger partial charge in [-0.2, -0.15) is 0 Å². The average Bonchev–Trinajstić information content (AvgIpc) is 3.37. The van der Waals surface area contributed by atoms with Gasteiger partial charge in [-0.25, -0.2) is 0 Å². The predicted molar refractivity (Wildman–Crippen MR) is 299 cm³/mol. The lowest BCUT2D eigenvalue weighted by atomic mass is 9.99. The second-order valence-electron chi connectivity index (χ2n) is 20.4. The van der Waals surface area contributed by atoms with Gasteiger partial charge in [-0.1, -0.05) is 267 Å². The maximum absolute atomic E-state index is 13.0. The van der Waals surface area contributed by atoms with E-state index in [1.54, 1.807) is 6.08 Å². The van der Waals surface area contributed by atoms with Gasteiger partial charge in [0.2, 0.25) is 5.91 Å². The second kappa shape index (κ2) is 51.1. The number of aliphatic hydroxyl groups excluding tert-OH is 5. The Morgan fingerprint density at radius 2 is 0.873 bits per heavy atom. The molecule has 1 heterocycles. The van der Waals surface area contributed by atoms with Gasteiger partial charge in [-0.05, 0) is 57.8 Å². The van der Waals surface area contributed by atoms with Gasteiger partial charge in [-0.3, -0.25) is 4.79 Å². The number of aliphatic hydroxyl groups is 5. The number of ether oxygens (including phenoxy) is 2. The largest absolute Gasteiger partial charge is 0.394 e. The van der Waals surface area contributed by atoms with Gasteiger partial charge in [0.25, 0.3) is 0 Å². The molecule has 6 N–H and O–H groups in total. The molecule has 7 unspecified atom stereocenters. The van der Waals surface area contributed by atoms with E-state index in [0.29, 0.717) is 6.42 Å². The minimum Gasteiger partial charge on any atom is -0.394 e. The van der Waals surface area contributed by atoms with Crippen LogP contribution in [0.2, 0.25) is 0 Å². The standard InChI is InChI=1S/C62H111NO8/c1-3-5-7-9-11-13-15-17-19-21-22-23-24-25-26-27-28-29-30-31-32-33-34-36-37-39-41-43-45-47-49-51-56(65)55(54-70-62-61(69)60(68)59(67)57(53-64)71-62)63-58(66)52-50-48-46-44-42-40-38-35-20-18-16-14-12-10-8-6-4-2/h6,8,12,14,18,20,38,40,44,46,49,51,55-57,59-62,64-65,67-69H,3-5,7,9-11,13,15-17,19,21-37,39,41-43,45,47-48,50,52-54H2,1-2H3,(H,63,66)/b8-6-,14-12-,20-18-,40-38-,46-44-,51-49+. The third-order valence-electron chi connectivity index (χ3n) is 13.8. The molecule has 1 saturated heterocycles. The van der Waals surface area contributed by atoms with Crippen molar-refractivity contribution in [2.45, 2.75) is 301 Å². The maximum atomic E-state index is 13.0. The molecular formula is C62H111NO8. The number of unbranched alkanes of at least 4 members (excludes halogenated alkanes) is 30. The molecule has 0 spiro atoms. The van der Waals surface area contributed by atoms with Gasteiger partial charge in [0.05, 0.1) is 25.4 Å². The fourth-order valence-corrected chi connectivity index (χ4v) is 9.14. The average molecular weight is 999 g/mol. The van der Waals surface area contributed by atoms with Crippen LogP contribution in [0.25, 0.3) is 0 Å². The number of amides is 1. The Morgan fingerprint density at radius 3 is 1.28 bits per heavy atom. The van der Waals surface area contributed by atoms with Crippen LogP contribution in [0.4, 0.5) is 0 Å². The molecule has 0 aromatic carbocycles. The van der Waals surface area contributed by atoms with E-state index in [1.165, 1.54) is 173 Å². The molecule has 71 heavy (non-hydrogen) atoms. The quantitative estimate of drug-likeness (QED) is 0.0261. The highest BCUT2D eigenvalue weighted by Crippen LogP contribution is 2.23. The highest BCUT2D eigenvalue weighted by Gasteiger charge is 2.44. The van der Waals surface area contributed by atoms with Crippen molar-refractivity contribution in [2.24, 2.45) is 0 Å². The molecule has 0 aliphatic carbocycles. The van der Waals surface area contributed by atoms with Crippen molar-refractivity contribution in [3.63, 3.8) is 0 Å². The van der Waals surface area contributed by atoms with E-state index >= 15 is 0 Å². The summed E-state index contributed by atoms with van der Waals surface area (Å²) in [4.78, 5) is 13.0. The summed E-state index contributed by atoms with van der Waals surface area (Å²) < 4.78 is 11.2. The van der Waals surface area contributed by atoms with Crippen LogP contribution in [0.15, 0.2) is 72.9 Å². The zero-order valence-electron chi connectivity index (χ0n) is 45.7. The van der Waals surface area contributed by atoms with Crippen LogP contribution in [0, 0.1) is 0 Å². The van der Waals surface area contributed by atoms with Gasteiger partial charge in [-0.15, -0.1) is 0 Å². The van der Waals surface area contributed by atoms with Crippen LogP contribution in [0.1, 0.15) is 258 Å². The number of hydrogen-bond donors (Lipinski definition) is 6. The van der Waals surface area contributed by atoms with E-state index in [9.17, 15) is 30.3 Å². The van der Waals surface area contributed by atoms with Crippen molar-refractivity contribution in [3.05, 3.63) is 72.9 Å². The zero-order chi connectivity index (χ0) is 51.5. The molecule has 1 aliphatic heterocycles. The van der Waals surface area contributed by atoms with E-state index < -0.39 is 49.5 Å². The van der Waals surface area contributed by atoms with Crippen LogP contribution in [-0.2, 0) is 14.3 Å². The first-order valence-electron chi connectivity index (χ1n) is 29.7. The lowest BCUT2D eigenvalue weighted by Crippen LogP contribution is -2.60. The topological polar surface area (TPSA) is 149 Å². The highest BCUT2D eigenvalue weighted by atomic mass is 16.7. The molecule has 0 aromatic rings. The highest BCUT2D eigenvalue weighted by molar-refractivity contribution is 5.76. The predicted octanol–water partition coefficient (Wildman–Crippen LogP) is 14.8. The summed E-state index contributed by atoms with van der Waals surface area (Å²) in [6, 6.07) is -0.839. The number of rotatable bonds is 50. The number of allylic oxidation sites excluding steroid dienone is 11. The Kier molecular flexibility index (Phi) is 48.0. The number of nitrogens with one attached hydrogen (secondary N) is 1. The molecule has 0 aromatic heterocycles. The van der Waals surface area contributed by atoms with Crippen molar-refractivity contribution < 1.29 is 39.8 Å². The van der Waals surface area contributed by atoms with Gasteiger partial charge in [0.1, 0.15) is 24.4 Å². The Hall–Kier alpha value is -2.37. The van der Waals surface area contributed by atoms with Crippen LogP contribution in [0.5, 0.6) is 0 Å². The molecule has 0 radical (unpaired) electrons. The van der Waals surface area contributed by atoms with Crippen molar-refractivity contribution in [3.8, 4) is 0 Å². The number of carbonyl (C=O) groups is 1. The number of hydrogen-bond acceptors (Lipinski definition) is 8. The summed E-state index contributed by atoms with van der Waals surface area (Å²) >= 11 is 0. The van der Waals surface area contributed by atoms with Crippen molar-refractivity contribution in [1.82, 2.24) is 5.32 Å². The first-order chi connectivity index (χ1) is 34.8. The summed E-state index contributed by atoms with van der Waals surface area (Å²) in [5.41, 5.74) is 0. The van der Waals surface area contributed by atoms with Crippen molar-refractivity contribution in [2.75, 3.05) is 13.2 Å². The molecule has 0 saturated carbocycles. The minimum absolute atomic E-state index is 0.214.